The largest absolute Gasteiger partial charge is 0.469 e. The van der Waals surface area contributed by atoms with Crippen LogP contribution in [0.25, 0.3) is 0 Å². The highest BCUT2D eigenvalue weighted by atomic mass is 16.6. The predicted octanol–water partition coefficient (Wildman–Crippen LogP) is 3.86. The van der Waals surface area contributed by atoms with E-state index in [-0.39, 0.29) is 24.0 Å². The molecule has 1 amide bonds. The van der Waals surface area contributed by atoms with Crippen LogP contribution in [0.15, 0.2) is 0 Å². The van der Waals surface area contributed by atoms with E-state index in [1.807, 2.05) is 0 Å². The van der Waals surface area contributed by atoms with E-state index in [1.54, 1.807) is 4.90 Å². The monoisotopic (exact) mass is 367 g/mol. The lowest BCUT2D eigenvalue weighted by atomic mass is 9.85. The molecule has 148 valence electrons. The second-order valence-electron chi connectivity index (χ2n) is 7.50. The van der Waals surface area contributed by atoms with Crippen LogP contribution < -0.4 is 0 Å². The van der Waals surface area contributed by atoms with Gasteiger partial charge in [-0.05, 0) is 25.7 Å². The number of amides is 1. The molecule has 1 unspecified atom stereocenters. The van der Waals surface area contributed by atoms with Crippen molar-refractivity contribution in [2.75, 3.05) is 20.3 Å². The molecule has 6 heteroatoms. The molecule has 1 aliphatic carbocycles. The Morgan fingerprint density at radius 3 is 2.54 bits per heavy atom. The molecule has 0 radical (unpaired) electrons. The van der Waals surface area contributed by atoms with Crippen molar-refractivity contribution in [1.82, 2.24) is 4.90 Å². The fourth-order valence-electron chi connectivity index (χ4n) is 3.97. The Morgan fingerprint density at radius 1 is 1.08 bits per heavy atom. The maximum absolute atomic E-state index is 12.4. The molecule has 1 atom stereocenters. The average Bonchev–Trinajstić information content (AvgIpc) is 3.02. The number of carbonyl (C=O) groups is 3. The zero-order valence-electron chi connectivity index (χ0n) is 16.0. The van der Waals surface area contributed by atoms with Gasteiger partial charge in [-0.15, -0.1) is 0 Å². The first-order valence-corrected chi connectivity index (χ1v) is 10.1. The SMILES string of the molecule is COC(=O)CCCCCCC1COC(=O)N1CCC(=O)C1CCCCC1. The first kappa shape index (κ1) is 20.7. The number of ketones is 1. The minimum absolute atomic E-state index is 0.0854. The Hall–Kier alpha value is -1.59. The molecule has 1 saturated carbocycles. The molecule has 1 aliphatic heterocycles. The molecule has 2 rings (SSSR count). The number of cyclic esters (lactones) is 1. The molecule has 0 aromatic heterocycles. The number of hydrogen-bond acceptors (Lipinski definition) is 5. The summed E-state index contributed by atoms with van der Waals surface area (Å²) in [6.45, 7) is 0.916. The summed E-state index contributed by atoms with van der Waals surface area (Å²) in [5.74, 6) is 0.357. The first-order valence-electron chi connectivity index (χ1n) is 10.1. The van der Waals surface area contributed by atoms with Crippen molar-refractivity contribution in [3.8, 4) is 0 Å². The van der Waals surface area contributed by atoms with Crippen LogP contribution in [0.1, 0.15) is 77.0 Å². The molecule has 1 heterocycles. The number of carbonyl (C=O) groups excluding carboxylic acids is 3. The average molecular weight is 367 g/mol. The van der Waals surface area contributed by atoms with Gasteiger partial charge >= 0.3 is 12.1 Å². The van der Waals surface area contributed by atoms with Gasteiger partial charge in [0.05, 0.1) is 13.2 Å². The summed E-state index contributed by atoms with van der Waals surface area (Å²) in [7, 11) is 1.41. The van der Waals surface area contributed by atoms with Gasteiger partial charge in [-0.3, -0.25) is 9.59 Å². The van der Waals surface area contributed by atoms with Gasteiger partial charge in [0.15, 0.2) is 0 Å². The number of unbranched alkanes of at least 4 members (excludes halogenated alkanes) is 3. The third kappa shape index (κ3) is 6.61. The standard InChI is InChI=1S/C20H33NO5/c1-25-19(23)12-8-3-2-7-11-17-15-26-20(24)21(17)14-13-18(22)16-9-5-4-6-10-16/h16-17H,2-15H2,1H3. The van der Waals surface area contributed by atoms with Gasteiger partial charge in [0.2, 0.25) is 0 Å². The summed E-state index contributed by atoms with van der Waals surface area (Å²) in [5.41, 5.74) is 0. The Labute approximate surface area is 156 Å². The second-order valence-corrected chi connectivity index (χ2v) is 7.50. The van der Waals surface area contributed by atoms with Crippen LogP contribution in [0.4, 0.5) is 4.79 Å². The molecule has 0 N–H and O–H groups in total. The lowest BCUT2D eigenvalue weighted by Gasteiger charge is -2.24. The topological polar surface area (TPSA) is 72.9 Å². The number of methoxy groups -OCH3 is 1. The fraction of sp³-hybridized carbons (Fsp3) is 0.850. The lowest BCUT2D eigenvalue weighted by molar-refractivity contribution is -0.140. The molecule has 0 bridgehead atoms. The van der Waals surface area contributed by atoms with Gasteiger partial charge in [0.1, 0.15) is 12.4 Å². The highest BCUT2D eigenvalue weighted by Crippen LogP contribution is 2.26. The quantitative estimate of drug-likeness (QED) is 0.409. The number of rotatable bonds is 11. The maximum Gasteiger partial charge on any atom is 0.410 e. The van der Waals surface area contributed by atoms with Crippen LogP contribution in [-0.2, 0) is 19.1 Å². The van der Waals surface area contributed by atoms with Crippen molar-refractivity contribution in [1.29, 1.82) is 0 Å². The Bertz CT molecular complexity index is 473. The van der Waals surface area contributed by atoms with Crippen LogP contribution in [0.5, 0.6) is 0 Å². The molecular weight excluding hydrogens is 334 g/mol. The normalized spacial score (nSPS) is 20.9. The van der Waals surface area contributed by atoms with E-state index >= 15 is 0 Å². The van der Waals surface area contributed by atoms with Crippen molar-refractivity contribution in [2.24, 2.45) is 5.92 Å². The summed E-state index contributed by atoms with van der Waals surface area (Å²) in [6, 6.07) is 0.0854. The van der Waals surface area contributed by atoms with E-state index < -0.39 is 0 Å². The minimum Gasteiger partial charge on any atom is -0.469 e. The third-order valence-corrected chi connectivity index (χ3v) is 5.63. The molecular formula is C20H33NO5. The number of Topliss-reactive ketones (excluding diaryl/α,β-unsaturated/α-hetero) is 1. The van der Waals surface area contributed by atoms with Crippen LogP contribution in [0.3, 0.4) is 0 Å². The predicted molar refractivity (Wildman–Crippen MR) is 97.8 cm³/mol. The van der Waals surface area contributed by atoms with Gasteiger partial charge in [-0.2, -0.15) is 0 Å². The molecule has 1 saturated heterocycles. The summed E-state index contributed by atoms with van der Waals surface area (Å²) < 4.78 is 9.82. The highest BCUT2D eigenvalue weighted by molar-refractivity contribution is 5.82. The summed E-state index contributed by atoms with van der Waals surface area (Å²) in [5, 5.41) is 0. The van der Waals surface area contributed by atoms with Crippen LogP contribution in [0.2, 0.25) is 0 Å². The third-order valence-electron chi connectivity index (χ3n) is 5.63. The van der Waals surface area contributed by atoms with Gasteiger partial charge < -0.3 is 14.4 Å². The number of ether oxygens (including phenoxy) is 2. The van der Waals surface area contributed by atoms with Crippen LogP contribution >= 0.6 is 0 Å². The first-order chi connectivity index (χ1) is 12.6. The van der Waals surface area contributed by atoms with Gasteiger partial charge in [0.25, 0.3) is 0 Å². The minimum atomic E-state index is -0.280. The molecule has 26 heavy (non-hydrogen) atoms. The van der Waals surface area contributed by atoms with E-state index in [2.05, 4.69) is 4.74 Å². The molecule has 2 fully saturated rings. The number of nitrogens with zero attached hydrogens (tertiary/aromatic N) is 1. The number of esters is 1. The zero-order chi connectivity index (χ0) is 18.8. The van der Waals surface area contributed by atoms with Crippen molar-refractivity contribution in [2.45, 2.75) is 83.1 Å². The van der Waals surface area contributed by atoms with E-state index in [0.717, 1.165) is 57.8 Å². The number of hydrogen-bond donors (Lipinski definition) is 0. The molecule has 6 nitrogen and oxygen atoms in total. The van der Waals surface area contributed by atoms with E-state index in [4.69, 9.17) is 4.74 Å². The van der Waals surface area contributed by atoms with Crippen molar-refractivity contribution in [3.05, 3.63) is 0 Å². The smallest absolute Gasteiger partial charge is 0.410 e. The second kappa shape index (κ2) is 11.2. The van der Waals surface area contributed by atoms with Crippen LogP contribution in [0, 0.1) is 5.92 Å². The zero-order valence-corrected chi connectivity index (χ0v) is 16.0. The van der Waals surface area contributed by atoms with Crippen molar-refractivity contribution < 1.29 is 23.9 Å². The van der Waals surface area contributed by atoms with E-state index in [9.17, 15) is 14.4 Å². The molecule has 0 aromatic rings. The Morgan fingerprint density at radius 2 is 1.81 bits per heavy atom. The summed E-state index contributed by atoms with van der Waals surface area (Å²) in [6.07, 6.45) is 10.9. The Kier molecular flexibility index (Phi) is 8.92. The van der Waals surface area contributed by atoms with E-state index in [0.29, 0.717) is 31.8 Å². The summed E-state index contributed by atoms with van der Waals surface area (Å²) in [4.78, 5) is 37.1. The summed E-state index contributed by atoms with van der Waals surface area (Å²) >= 11 is 0. The molecule has 0 spiro atoms. The van der Waals surface area contributed by atoms with Gasteiger partial charge in [0, 0.05) is 25.3 Å². The van der Waals surface area contributed by atoms with Crippen molar-refractivity contribution >= 4 is 17.8 Å². The lowest BCUT2D eigenvalue weighted by Crippen LogP contribution is -2.36. The van der Waals surface area contributed by atoms with Crippen molar-refractivity contribution in [3.63, 3.8) is 0 Å². The highest BCUT2D eigenvalue weighted by Gasteiger charge is 2.33. The molecule has 2 aliphatic rings. The van der Waals surface area contributed by atoms with E-state index in [1.165, 1.54) is 13.5 Å². The maximum atomic E-state index is 12.4. The fourth-order valence-corrected chi connectivity index (χ4v) is 3.97. The van der Waals surface area contributed by atoms with Gasteiger partial charge in [-0.1, -0.05) is 38.5 Å². The van der Waals surface area contributed by atoms with Gasteiger partial charge in [-0.25, -0.2) is 4.79 Å². The van der Waals surface area contributed by atoms with Crippen LogP contribution in [-0.4, -0.2) is 49.0 Å². The molecule has 0 aromatic carbocycles. The Balaban J connectivity index is 1.64.